The Morgan fingerprint density at radius 3 is 2.31 bits per heavy atom. The Kier molecular flexibility index (Phi) is 7.32. The fraction of sp³-hybridized carbons (Fsp3) is 0.211. The Morgan fingerprint density at radius 1 is 0.885 bits per heavy atom. The minimum absolute atomic E-state index is 0.208. The van der Waals surface area contributed by atoms with Crippen LogP contribution in [0, 0.1) is 0 Å². The first-order valence-corrected chi connectivity index (χ1v) is 8.08. The summed E-state index contributed by atoms with van der Waals surface area (Å²) < 4.78 is 9.69. The second-order valence-electron chi connectivity index (χ2n) is 5.21. The molecule has 0 aliphatic rings. The lowest BCUT2D eigenvalue weighted by Gasteiger charge is -2.11. The van der Waals surface area contributed by atoms with E-state index < -0.39 is 18.5 Å². The van der Waals surface area contributed by atoms with E-state index >= 15 is 0 Å². The Labute approximate surface area is 151 Å². The van der Waals surface area contributed by atoms with E-state index in [1.807, 2.05) is 6.07 Å². The van der Waals surface area contributed by atoms with Gasteiger partial charge in [0.15, 0.2) is 6.61 Å². The zero-order valence-corrected chi connectivity index (χ0v) is 14.4. The number of amides is 2. The van der Waals surface area contributed by atoms with Crippen LogP contribution in [0.5, 0.6) is 0 Å². The fourth-order valence-corrected chi connectivity index (χ4v) is 2.07. The van der Waals surface area contributed by atoms with Crippen LogP contribution < -0.4 is 10.6 Å². The maximum Gasteiger partial charge on any atom is 0.332 e. The van der Waals surface area contributed by atoms with E-state index in [1.165, 1.54) is 0 Å². The van der Waals surface area contributed by atoms with Crippen LogP contribution >= 0.6 is 0 Å². The number of hydrogen-bond donors (Lipinski definition) is 2. The summed E-state index contributed by atoms with van der Waals surface area (Å²) in [6, 6.07) is 15.5. The summed E-state index contributed by atoms with van der Waals surface area (Å²) in [5.74, 6) is -1.53. The molecule has 7 heteroatoms. The van der Waals surface area contributed by atoms with Crippen molar-refractivity contribution in [1.82, 2.24) is 0 Å². The van der Waals surface area contributed by atoms with Crippen molar-refractivity contribution in [2.75, 3.05) is 30.5 Å². The van der Waals surface area contributed by atoms with Gasteiger partial charge in [-0.2, -0.15) is 0 Å². The molecule has 2 amide bonds. The monoisotopic (exact) mass is 356 g/mol. The van der Waals surface area contributed by atoms with Crippen LogP contribution in [0.1, 0.15) is 17.3 Å². The van der Waals surface area contributed by atoms with Crippen molar-refractivity contribution in [2.24, 2.45) is 0 Å². The molecular formula is C19H20N2O5. The highest BCUT2D eigenvalue weighted by molar-refractivity contribution is 6.10. The second-order valence-corrected chi connectivity index (χ2v) is 5.21. The zero-order valence-electron chi connectivity index (χ0n) is 14.4. The van der Waals surface area contributed by atoms with Gasteiger partial charge in [0.25, 0.3) is 11.8 Å². The van der Waals surface area contributed by atoms with Gasteiger partial charge in [0, 0.05) is 12.3 Å². The molecule has 0 aliphatic heterocycles. The van der Waals surface area contributed by atoms with Gasteiger partial charge in [-0.15, -0.1) is 0 Å². The van der Waals surface area contributed by atoms with Gasteiger partial charge in [-0.1, -0.05) is 30.3 Å². The Bertz CT molecular complexity index is 762. The third-order valence-electron chi connectivity index (χ3n) is 3.27. The normalized spacial score (nSPS) is 10.0. The summed E-state index contributed by atoms with van der Waals surface area (Å²) in [5, 5.41) is 5.32. The fourth-order valence-electron chi connectivity index (χ4n) is 2.07. The van der Waals surface area contributed by atoms with Crippen LogP contribution in [0.15, 0.2) is 54.6 Å². The van der Waals surface area contributed by atoms with Gasteiger partial charge in [-0.3, -0.25) is 9.59 Å². The summed E-state index contributed by atoms with van der Waals surface area (Å²) in [5.41, 5.74) is 1.26. The van der Waals surface area contributed by atoms with Crippen molar-refractivity contribution in [2.45, 2.75) is 6.92 Å². The maximum absolute atomic E-state index is 12.4. The number of rotatable bonds is 8. The van der Waals surface area contributed by atoms with Crippen LogP contribution in [0.2, 0.25) is 0 Å². The summed E-state index contributed by atoms with van der Waals surface area (Å²) in [4.78, 5) is 35.7. The molecule has 2 N–H and O–H groups in total. The molecule has 0 saturated heterocycles. The van der Waals surface area contributed by atoms with Crippen molar-refractivity contribution in [1.29, 1.82) is 0 Å². The molecule has 0 spiro atoms. The number of anilines is 2. The number of benzene rings is 2. The molecule has 2 aromatic rings. The second kappa shape index (κ2) is 9.95. The molecule has 26 heavy (non-hydrogen) atoms. The molecule has 0 heterocycles. The van der Waals surface area contributed by atoms with Gasteiger partial charge in [0.1, 0.15) is 6.61 Å². The molecular weight excluding hydrogens is 336 g/mol. The van der Waals surface area contributed by atoms with Crippen LogP contribution in [0.4, 0.5) is 11.4 Å². The Morgan fingerprint density at radius 2 is 1.58 bits per heavy atom. The van der Waals surface area contributed by atoms with Crippen molar-refractivity contribution < 1.29 is 23.9 Å². The van der Waals surface area contributed by atoms with Crippen LogP contribution in [-0.2, 0) is 19.1 Å². The number of nitrogens with one attached hydrogen (secondary N) is 2. The van der Waals surface area contributed by atoms with E-state index in [9.17, 15) is 14.4 Å². The van der Waals surface area contributed by atoms with Gasteiger partial charge in [0.05, 0.1) is 11.3 Å². The minimum Gasteiger partial charge on any atom is -0.454 e. The molecule has 0 saturated carbocycles. The van der Waals surface area contributed by atoms with Gasteiger partial charge < -0.3 is 20.1 Å². The van der Waals surface area contributed by atoms with Gasteiger partial charge >= 0.3 is 5.97 Å². The number of esters is 1. The predicted octanol–water partition coefficient (Wildman–Crippen LogP) is 2.46. The minimum atomic E-state index is -0.628. The standard InChI is InChI=1S/C19H20N2O5/c1-2-25-13-18(23)26-12-17(22)21-16-11-7-6-10-15(16)19(24)20-14-8-4-3-5-9-14/h3-11H,2,12-13H2,1H3,(H,20,24)(H,21,22). The quantitative estimate of drug-likeness (QED) is 0.709. The molecule has 136 valence electrons. The first kappa shape index (κ1) is 19.1. The molecule has 0 fully saturated rings. The lowest BCUT2D eigenvalue weighted by Crippen LogP contribution is -2.24. The van der Waals surface area contributed by atoms with Crippen LogP contribution in [0.3, 0.4) is 0 Å². The lowest BCUT2D eigenvalue weighted by molar-refractivity contribution is -0.151. The SMILES string of the molecule is CCOCC(=O)OCC(=O)Nc1ccccc1C(=O)Nc1ccccc1. The smallest absolute Gasteiger partial charge is 0.332 e. The van der Waals surface area contributed by atoms with Crippen molar-refractivity contribution >= 4 is 29.2 Å². The summed E-state index contributed by atoms with van der Waals surface area (Å²) in [6.07, 6.45) is 0. The number of para-hydroxylation sites is 2. The molecule has 0 aliphatic carbocycles. The highest BCUT2D eigenvalue weighted by Gasteiger charge is 2.14. The van der Waals surface area contributed by atoms with Crippen molar-refractivity contribution in [3.63, 3.8) is 0 Å². The van der Waals surface area contributed by atoms with E-state index in [2.05, 4.69) is 10.6 Å². The number of ether oxygens (including phenoxy) is 2. The lowest BCUT2D eigenvalue weighted by atomic mass is 10.1. The van der Waals surface area contributed by atoms with Crippen molar-refractivity contribution in [3.05, 3.63) is 60.2 Å². The largest absolute Gasteiger partial charge is 0.454 e. The number of hydrogen-bond acceptors (Lipinski definition) is 5. The van der Waals surface area contributed by atoms with E-state index in [0.717, 1.165) is 0 Å². The van der Waals surface area contributed by atoms with E-state index in [4.69, 9.17) is 9.47 Å². The number of carbonyl (C=O) groups excluding carboxylic acids is 3. The Balaban J connectivity index is 1.96. The average molecular weight is 356 g/mol. The topological polar surface area (TPSA) is 93.7 Å². The van der Waals surface area contributed by atoms with E-state index in [-0.39, 0.29) is 12.5 Å². The highest BCUT2D eigenvalue weighted by atomic mass is 16.6. The third kappa shape index (κ3) is 6.03. The summed E-state index contributed by atoms with van der Waals surface area (Å²) in [6.45, 7) is 1.46. The van der Waals surface area contributed by atoms with Crippen molar-refractivity contribution in [3.8, 4) is 0 Å². The molecule has 2 aromatic carbocycles. The molecule has 0 aromatic heterocycles. The maximum atomic E-state index is 12.4. The van der Waals surface area contributed by atoms with Gasteiger partial charge in [-0.25, -0.2) is 4.79 Å². The van der Waals surface area contributed by atoms with Crippen LogP contribution in [-0.4, -0.2) is 37.6 Å². The molecule has 0 radical (unpaired) electrons. The van der Waals surface area contributed by atoms with E-state index in [0.29, 0.717) is 23.5 Å². The first-order chi connectivity index (χ1) is 12.6. The highest BCUT2D eigenvalue weighted by Crippen LogP contribution is 2.17. The molecule has 0 atom stereocenters. The molecule has 0 unspecified atom stereocenters. The zero-order chi connectivity index (χ0) is 18.8. The summed E-state index contributed by atoms with van der Waals surface area (Å²) in [7, 11) is 0. The third-order valence-corrected chi connectivity index (χ3v) is 3.27. The predicted molar refractivity (Wildman–Crippen MR) is 96.9 cm³/mol. The molecule has 0 bridgehead atoms. The van der Waals surface area contributed by atoms with Gasteiger partial charge in [0.2, 0.25) is 0 Å². The van der Waals surface area contributed by atoms with Gasteiger partial charge in [-0.05, 0) is 31.2 Å². The van der Waals surface area contributed by atoms with Crippen LogP contribution in [0.25, 0.3) is 0 Å². The summed E-state index contributed by atoms with van der Waals surface area (Å²) >= 11 is 0. The average Bonchev–Trinajstić information content (AvgIpc) is 2.66. The first-order valence-electron chi connectivity index (χ1n) is 8.08. The van der Waals surface area contributed by atoms with E-state index in [1.54, 1.807) is 55.5 Å². The Hall–Kier alpha value is -3.19. The molecule has 2 rings (SSSR count). The molecule has 7 nitrogen and oxygen atoms in total. The number of carbonyl (C=O) groups is 3.